The Hall–Kier alpha value is -4.27. The summed E-state index contributed by atoms with van der Waals surface area (Å²) in [6.45, 7) is 9.11. The average molecular weight is 509 g/mol. The van der Waals surface area contributed by atoms with Gasteiger partial charge in [0.05, 0.1) is 25.5 Å². The lowest BCUT2D eigenvalue weighted by molar-refractivity contribution is -0.146. The molecule has 0 aliphatic heterocycles. The molecule has 196 valence electrons. The molecule has 0 aliphatic carbocycles. The van der Waals surface area contributed by atoms with Crippen molar-refractivity contribution in [1.29, 1.82) is 0 Å². The second-order valence-corrected chi connectivity index (χ2v) is 7.75. The number of H-pyrrole nitrogens is 1. The van der Waals surface area contributed by atoms with Crippen molar-refractivity contribution < 1.29 is 28.6 Å². The van der Waals surface area contributed by atoms with Gasteiger partial charge in [-0.25, -0.2) is 14.6 Å². The van der Waals surface area contributed by atoms with E-state index in [0.717, 1.165) is 0 Å². The first-order valence-electron chi connectivity index (χ1n) is 12.0. The molecule has 1 atom stereocenters. The SMILES string of the molecule is CCOC(=O)C(=Nc1ccccc1)C(C)C(=O)OCC.CCOC(=O)c1[nH]c2ccccc2c(=O)c1C. The fourth-order valence-corrected chi connectivity index (χ4v) is 3.29. The van der Waals surface area contributed by atoms with Gasteiger partial charge in [0.2, 0.25) is 0 Å². The number of aliphatic imine (C=N–C) groups is 1. The van der Waals surface area contributed by atoms with Gasteiger partial charge in [-0.3, -0.25) is 9.59 Å². The molecule has 0 radical (unpaired) electrons. The number of carbonyl (C=O) groups is 3. The summed E-state index contributed by atoms with van der Waals surface area (Å²) in [7, 11) is 0. The van der Waals surface area contributed by atoms with Crippen molar-refractivity contribution in [2.75, 3.05) is 19.8 Å². The number of aromatic nitrogens is 1. The molecular formula is C28H32N2O7. The van der Waals surface area contributed by atoms with E-state index >= 15 is 0 Å². The summed E-state index contributed by atoms with van der Waals surface area (Å²) in [4.78, 5) is 54.6. The number of nitrogens with zero attached hydrogens (tertiary/aromatic N) is 1. The monoisotopic (exact) mass is 508 g/mol. The van der Waals surface area contributed by atoms with Gasteiger partial charge >= 0.3 is 17.9 Å². The van der Waals surface area contributed by atoms with Crippen LogP contribution in [0.4, 0.5) is 5.69 Å². The highest BCUT2D eigenvalue weighted by Crippen LogP contribution is 2.15. The maximum absolute atomic E-state index is 12.0. The van der Waals surface area contributed by atoms with E-state index in [2.05, 4.69) is 9.98 Å². The van der Waals surface area contributed by atoms with Crippen LogP contribution in [-0.2, 0) is 23.8 Å². The molecule has 9 nitrogen and oxygen atoms in total. The number of benzene rings is 2. The van der Waals surface area contributed by atoms with Crippen LogP contribution >= 0.6 is 0 Å². The molecule has 0 saturated heterocycles. The van der Waals surface area contributed by atoms with Crippen LogP contribution in [0.2, 0.25) is 0 Å². The van der Waals surface area contributed by atoms with Crippen LogP contribution in [0.1, 0.15) is 43.7 Å². The Kier molecular flexibility index (Phi) is 11.2. The number of aromatic amines is 1. The van der Waals surface area contributed by atoms with Crippen LogP contribution in [0, 0.1) is 12.8 Å². The van der Waals surface area contributed by atoms with E-state index in [-0.39, 0.29) is 36.7 Å². The lowest BCUT2D eigenvalue weighted by atomic mass is 10.1. The quantitative estimate of drug-likeness (QED) is 0.269. The van der Waals surface area contributed by atoms with Crippen molar-refractivity contribution in [1.82, 2.24) is 4.98 Å². The number of fused-ring (bicyclic) bond motifs is 1. The number of para-hydroxylation sites is 2. The molecule has 1 heterocycles. The molecule has 1 aromatic heterocycles. The van der Waals surface area contributed by atoms with Crippen molar-refractivity contribution >= 4 is 40.2 Å². The average Bonchev–Trinajstić information content (AvgIpc) is 2.90. The van der Waals surface area contributed by atoms with Crippen LogP contribution in [0.25, 0.3) is 10.9 Å². The van der Waals surface area contributed by atoms with E-state index in [4.69, 9.17) is 14.2 Å². The predicted molar refractivity (Wildman–Crippen MR) is 141 cm³/mol. The topological polar surface area (TPSA) is 124 Å². The molecule has 0 bridgehead atoms. The Morgan fingerprint density at radius 1 is 0.865 bits per heavy atom. The van der Waals surface area contributed by atoms with E-state index in [1.807, 2.05) is 12.1 Å². The van der Waals surface area contributed by atoms with Crippen LogP contribution in [-0.4, -0.2) is 48.4 Å². The van der Waals surface area contributed by atoms with Gasteiger partial charge < -0.3 is 19.2 Å². The number of pyridine rings is 1. The van der Waals surface area contributed by atoms with Crippen molar-refractivity contribution in [3.8, 4) is 0 Å². The molecule has 0 aliphatic rings. The van der Waals surface area contributed by atoms with Crippen LogP contribution in [0.5, 0.6) is 0 Å². The minimum atomic E-state index is -0.769. The van der Waals surface area contributed by atoms with Gasteiger partial charge in [-0.15, -0.1) is 0 Å². The maximum Gasteiger partial charge on any atom is 0.355 e. The highest BCUT2D eigenvalue weighted by atomic mass is 16.5. The Balaban J connectivity index is 0.000000263. The summed E-state index contributed by atoms with van der Waals surface area (Å²) in [5, 5.41) is 0.582. The van der Waals surface area contributed by atoms with Crippen LogP contribution in [0.15, 0.2) is 64.4 Å². The number of esters is 3. The summed E-state index contributed by atoms with van der Waals surface area (Å²) in [5.74, 6) is -2.35. The molecule has 37 heavy (non-hydrogen) atoms. The van der Waals surface area contributed by atoms with Crippen molar-refractivity contribution in [3.05, 3.63) is 76.1 Å². The van der Waals surface area contributed by atoms with Crippen LogP contribution < -0.4 is 5.43 Å². The first kappa shape index (κ1) is 29.0. The minimum absolute atomic E-state index is 0.0523. The van der Waals surface area contributed by atoms with E-state index in [1.165, 1.54) is 0 Å². The third-order valence-electron chi connectivity index (χ3n) is 5.17. The van der Waals surface area contributed by atoms with Gasteiger partial charge in [0, 0.05) is 16.5 Å². The zero-order valence-corrected chi connectivity index (χ0v) is 21.7. The standard InChI is InChI=1S/C15H19NO4.C13H13NO3/c1-4-19-14(17)11(3)13(15(18)20-5-2)16-12-9-7-6-8-10-12;1-3-17-13(16)11-8(2)12(15)9-6-4-5-7-10(9)14-11/h6-11H,4-5H2,1-3H3;4-7H,3H2,1-2H3,(H,14,15). The van der Waals surface area contributed by atoms with Gasteiger partial charge in [0.1, 0.15) is 17.3 Å². The smallest absolute Gasteiger partial charge is 0.355 e. The molecule has 0 saturated carbocycles. The van der Waals surface area contributed by atoms with E-state index in [0.29, 0.717) is 22.2 Å². The van der Waals surface area contributed by atoms with Gasteiger partial charge in [-0.1, -0.05) is 30.3 Å². The zero-order valence-electron chi connectivity index (χ0n) is 21.7. The van der Waals surface area contributed by atoms with E-state index < -0.39 is 23.8 Å². The molecule has 3 rings (SSSR count). The number of hydrogen-bond acceptors (Lipinski definition) is 8. The Labute approximate surface area is 215 Å². The third kappa shape index (κ3) is 7.86. The third-order valence-corrected chi connectivity index (χ3v) is 5.17. The number of carbonyl (C=O) groups excluding carboxylic acids is 3. The van der Waals surface area contributed by atoms with E-state index in [1.54, 1.807) is 77.1 Å². The maximum atomic E-state index is 12.0. The molecule has 1 N–H and O–H groups in total. The highest BCUT2D eigenvalue weighted by Gasteiger charge is 2.27. The summed E-state index contributed by atoms with van der Waals surface area (Å²) in [6.07, 6.45) is 0. The summed E-state index contributed by atoms with van der Waals surface area (Å²) in [5.41, 5.74) is 1.77. The molecule has 2 aromatic carbocycles. The molecule has 3 aromatic rings. The molecule has 0 fully saturated rings. The lowest BCUT2D eigenvalue weighted by Gasteiger charge is -2.12. The number of hydrogen-bond donors (Lipinski definition) is 1. The Bertz CT molecular complexity index is 1310. The Morgan fingerprint density at radius 3 is 2.08 bits per heavy atom. The zero-order chi connectivity index (χ0) is 27.4. The summed E-state index contributed by atoms with van der Waals surface area (Å²) in [6, 6.07) is 16.0. The van der Waals surface area contributed by atoms with Gasteiger partial charge in [0.25, 0.3) is 0 Å². The van der Waals surface area contributed by atoms with Gasteiger partial charge in [0.15, 0.2) is 5.43 Å². The molecular weight excluding hydrogens is 476 g/mol. The first-order valence-corrected chi connectivity index (χ1v) is 12.0. The van der Waals surface area contributed by atoms with Gasteiger partial charge in [-0.2, -0.15) is 0 Å². The first-order chi connectivity index (χ1) is 17.7. The van der Waals surface area contributed by atoms with E-state index in [9.17, 15) is 19.2 Å². The van der Waals surface area contributed by atoms with Gasteiger partial charge in [-0.05, 0) is 58.9 Å². The second-order valence-electron chi connectivity index (χ2n) is 7.75. The summed E-state index contributed by atoms with van der Waals surface area (Å²) < 4.78 is 14.8. The van der Waals surface area contributed by atoms with Crippen molar-refractivity contribution in [2.24, 2.45) is 10.9 Å². The second kappa shape index (κ2) is 14.3. The molecule has 0 spiro atoms. The number of ether oxygens (including phenoxy) is 3. The fourth-order valence-electron chi connectivity index (χ4n) is 3.29. The number of nitrogens with one attached hydrogen (secondary N) is 1. The van der Waals surface area contributed by atoms with Crippen molar-refractivity contribution in [2.45, 2.75) is 34.6 Å². The predicted octanol–water partition coefficient (Wildman–Crippen LogP) is 4.53. The summed E-state index contributed by atoms with van der Waals surface area (Å²) >= 11 is 0. The number of rotatable bonds is 8. The Morgan fingerprint density at radius 2 is 1.46 bits per heavy atom. The normalized spacial score (nSPS) is 11.6. The minimum Gasteiger partial charge on any atom is -0.465 e. The van der Waals surface area contributed by atoms with Crippen molar-refractivity contribution in [3.63, 3.8) is 0 Å². The highest BCUT2D eigenvalue weighted by molar-refractivity contribution is 6.41. The molecule has 0 amide bonds. The fraction of sp³-hybridized carbons (Fsp3) is 0.321. The molecule has 9 heteroatoms. The van der Waals surface area contributed by atoms with Crippen LogP contribution in [0.3, 0.4) is 0 Å². The molecule has 1 unspecified atom stereocenters. The largest absolute Gasteiger partial charge is 0.465 e. The lowest BCUT2D eigenvalue weighted by Crippen LogP contribution is -2.31.